The number of hydrogen-bond donors (Lipinski definition) is 2. The first-order valence-corrected chi connectivity index (χ1v) is 5.78. The van der Waals surface area contributed by atoms with Crippen LogP contribution in [-0.4, -0.2) is 19.3 Å². The zero-order valence-corrected chi connectivity index (χ0v) is 11.6. The smallest absolute Gasteiger partial charge is 0.211 e. The Morgan fingerprint density at radius 1 is 1.31 bits per heavy atom. The van der Waals surface area contributed by atoms with Gasteiger partial charge in [-0.05, 0) is 49.6 Å². The van der Waals surface area contributed by atoms with Gasteiger partial charge in [0.1, 0.15) is 5.75 Å². The number of nitrogens with zero attached hydrogens (tertiary/aromatic N) is 2. The number of nitrogens with two attached hydrogens (primary N) is 2. The third-order valence-electron chi connectivity index (χ3n) is 1.60. The molecule has 0 aromatic heterocycles. The molecule has 0 aliphatic carbocycles. The van der Waals surface area contributed by atoms with Gasteiger partial charge < -0.3 is 16.2 Å². The van der Waals surface area contributed by atoms with Crippen LogP contribution in [0.1, 0.15) is 5.56 Å². The molecule has 0 aliphatic heterocycles. The molecular formula is C9H10Br2N4O. The third-order valence-corrected chi connectivity index (χ3v) is 2.78. The van der Waals surface area contributed by atoms with Crippen LogP contribution in [0.25, 0.3) is 0 Å². The molecule has 0 unspecified atom stereocenters. The van der Waals surface area contributed by atoms with Crippen molar-refractivity contribution >= 4 is 44.0 Å². The van der Waals surface area contributed by atoms with Crippen molar-refractivity contribution in [1.82, 2.24) is 0 Å². The molecule has 0 saturated carbocycles. The van der Waals surface area contributed by atoms with E-state index in [1.54, 1.807) is 7.11 Å². The van der Waals surface area contributed by atoms with Crippen LogP contribution in [0.5, 0.6) is 5.75 Å². The fourth-order valence-corrected chi connectivity index (χ4v) is 2.56. The molecule has 0 heterocycles. The standard InChI is InChI=1S/C9H10Br2N4O/c1-16-8-6(10)2-5(3-7(8)11)4-14-15-9(12)13/h2-4H,1H3,(H4,12,13,15). The Bertz CT molecular complexity index is 418. The van der Waals surface area contributed by atoms with E-state index in [0.29, 0.717) is 0 Å². The van der Waals surface area contributed by atoms with Crippen molar-refractivity contribution in [2.75, 3.05) is 7.11 Å². The highest BCUT2D eigenvalue weighted by molar-refractivity contribution is 9.11. The number of guanidine groups is 1. The lowest BCUT2D eigenvalue weighted by molar-refractivity contribution is 0.409. The molecular weight excluding hydrogens is 340 g/mol. The van der Waals surface area contributed by atoms with Crippen molar-refractivity contribution in [3.63, 3.8) is 0 Å². The summed E-state index contributed by atoms with van der Waals surface area (Å²) in [4.78, 5) is 0. The molecule has 7 heteroatoms. The molecule has 5 nitrogen and oxygen atoms in total. The van der Waals surface area contributed by atoms with Crippen molar-refractivity contribution in [1.29, 1.82) is 0 Å². The van der Waals surface area contributed by atoms with Crippen molar-refractivity contribution in [2.45, 2.75) is 0 Å². The molecule has 0 aliphatic rings. The molecule has 1 rings (SSSR count). The first-order chi connectivity index (χ1) is 7.54. The average Bonchev–Trinajstić information content (AvgIpc) is 2.16. The zero-order chi connectivity index (χ0) is 12.1. The van der Waals surface area contributed by atoms with Crippen LogP contribution in [0, 0.1) is 0 Å². The van der Waals surface area contributed by atoms with Crippen LogP contribution in [0.4, 0.5) is 0 Å². The van der Waals surface area contributed by atoms with Crippen molar-refractivity contribution < 1.29 is 4.74 Å². The molecule has 0 amide bonds. The molecule has 0 atom stereocenters. The van der Waals surface area contributed by atoms with Gasteiger partial charge in [-0.3, -0.25) is 0 Å². The topological polar surface area (TPSA) is 86.0 Å². The Labute approximate surface area is 110 Å². The van der Waals surface area contributed by atoms with Crippen LogP contribution >= 0.6 is 31.9 Å². The van der Waals surface area contributed by atoms with Gasteiger partial charge >= 0.3 is 0 Å². The second kappa shape index (κ2) is 5.86. The minimum Gasteiger partial charge on any atom is -0.494 e. The van der Waals surface area contributed by atoms with Crippen LogP contribution in [0.3, 0.4) is 0 Å². The summed E-state index contributed by atoms with van der Waals surface area (Å²) in [5, 5.41) is 7.21. The monoisotopic (exact) mass is 348 g/mol. The predicted molar refractivity (Wildman–Crippen MR) is 71.8 cm³/mol. The van der Waals surface area contributed by atoms with E-state index in [1.165, 1.54) is 6.21 Å². The maximum absolute atomic E-state index is 5.17. The number of benzene rings is 1. The van der Waals surface area contributed by atoms with E-state index < -0.39 is 0 Å². The average molecular weight is 350 g/mol. The molecule has 4 N–H and O–H groups in total. The molecule has 0 saturated heterocycles. The minimum atomic E-state index is -0.0807. The summed E-state index contributed by atoms with van der Waals surface area (Å²) in [6.45, 7) is 0. The van der Waals surface area contributed by atoms with Gasteiger partial charge in [-0.25, -0.2) is 0 Å². The first kappa shape index (κ1) is 13.0. The Kier molecular flexibility index (Phi) is 4.75. The quantitative estimate of drug-likeness (QED) is 0.496. The highest BCUT2D eigenvalue weighted by Gasteiger charge is 2.06. The van der Waals surface area contributed by atoms with Crippen molar-refractivity contribution in [2.24, 2.45) is 21.7 Å². The van der Waals surface area contributed by atoms with Crippen molar-refractivity contribution in [3.8, 4) is 5.75 Å². The summed E-state index contributed by atoms with van der Waals surface area (Å²) < 4.78 is 6.80. The highest BCUT2D eigenvalue weighted by Crippen LogP contribution is 2.33. The lowest BCUT2D eigenvalue weighted by Crippen LogP contribution is -2.21. The molecule has 1 aromatic carbocycles. The summed E-state index contributed by atoms with van der Waals surface area (Å²) in [7, 11) is 1.60. The van der Waals surface area contributed by atoms with E-state index in [0.717, 1.165) is 20.3 Å². The fourth-order valence-electron chi connectivity index (χ4n) is 1.01. The molecule has 16 heavy (non-hydrogen) atoms. The lowest BCUT2D eigenvalue weighted by Gasteiger charge is -2.06. The van der Waals surface area contributed by atoms with Gasteiger partial charge in [0.2, 0.25) is 5.96 Å². The van der Waals surface area contributed by atoms with Crippen LogP contribution in [0.2, 0.25) is 0 Å². The fraction of sp³-hybridized carbons (Fsp3) is 0.111. The molecule has 0 spiro atoms. The van der Waals surface area contributed by atoms with Gasteiger partial charge in [-0.15, -0.1) is 5.10 Å². The third kappa shape index (κ3) is 3.49. The normalized spacial score (nSPS) is 10.4. The SMILES string of the molecule is COc1c(Br)cc(C=NN=C(N)N)cc1Br. The van der Waals surface area contributed by atoms with E-state index >= 15 is 0 Å². The second-order valence-corrected chi connectivity index (χ2v) is 4.50. The van der Waals surface area contributed by atoms with E-state index in [9.17, 15) is 0 Å². The van der Waals surface area contributed by atoms with E-state index in [-0.39, 0.29) is 5.96 Å². The molecule has 0 bridgehead atoms. The Morgan fingerprint density at radius 3 is 2.31 bits per heavy atom. The van der Waals surface area contributed by atoms with Gasteiger partial charge in [0, 0.05) is 0 Å². The number of halogens is 2. The Balaban J connectivity index is 3.00. The predicted octanol–water partition coefficient (Wildman–Crippen LogP) is 1.83. The molecule has 1 aromatic rings. The maximum atomic E-state index is 5.17. The van der Waals surface area contributed by atoms with Crippen LogP contribution < -0.4 is 16.2 Å². The summed E-state index contributed by atoms with van der Waals surface area (Å²) in [6, 6.07) is 3.69. The number of methoxy groups -OCH3 is 1. The number of rotatable bonds is 3. The maximum Gasteiger partial charge on any atom is 0.211 e. The van der Waals surface area contributed by atoms with E-state index in [4.69, 9.17) is 16.2 Å². The van der Waals surface area contributed by atoms with Crippen molar-refractivity contribution in [3.05, 3.63) is 26.6 Å². The number of ether oxygens (including phenoxy) is 1. The van der Waals surface area contributed by atoms with E-state index in [1.807, 2.05) is 12.1 Å². The molecule has 86 valence electrons. The summed E-state index contributed by atoms with van der Waals surface area (Å²) in [5.74, 6) is 0.641. The van der Waals surface area contributed by atoms with Gasteiger partial charge in [0.25, 0.3) is 0 Å². The number of hydrogen-bond acceptors (Lipinski definition) is 3. The van der Waals surface area contributed by atoms with E-state index in [2.05, 4.69) is 42.1 Å². The van der Waals surface area contributed by atoms with Crippen LogP contribution in [-0.2, 0) is 0 Å². The Hall–Kier alpha value is -1.08. The largest absolute Gasteiger partial charge is 0.494 e. The van der Waals surface area contributed by atoms with Gasteiger partial charge in [0.05, 0.1) is 22.3 Å². The highest BCUT2D eigenvalue weighted by atomic mass is 79.9. The molecule has 0 fully saturated rings. The van der Waals surface area contributed by atoms with Gasteiger partial charge in [-0.2, -0.15) is 5.10 Å². The van der Waals surface area contributed by atoms with Gasteiger partial charge in [0.15, 0.2) is 0 Å². The summed E-state index contributed by atoms with van der Waals surface area (Å²) in [6.07, 6.45) is 1.54. The first-order valence-electron chi connectivity index (χ1n) is 4.19. The summed E-state index contributed by atoms with van der Waals surface area (Å²) in [5.41, 5.74) is 11.1. The second-order valence-electron chi connectivity index (χ2n) is 2.79. The molecule has 0 radical (unpaired) electrons. The summed E-state index contributed by atoms with van der Waals surface area (Å²) >= 11 is 6.75. The lowest BCUT2D eigenvalue weighted by atomic mass is 10.2. The zero-order valence-electron chi connectivity index (χ0n) is 8.45. The van der Waals surface area contributed by atoms with Crippen LogP contribution in [0.15, 0.2) is 31.3 Å². The minimum absolute atomic E-state index is 0.0807. The van der Waals surface area contributed by atoms with Gasteiger partial charge in [-0.1, -0.05) is 0 Å². The Morgan fingerprint density at radius 2 is 1.88 bits per heavy atom.